The number of nitro groups is 1. The Hall–Kier alpha value is -4.00. The van der Waals surface area contributed by atoms with Crippen LogP contribution < -0.4 is 10.2 Å². The zero-order valence-electron chi connectivity index (χ0n) is 16.7. The minimum absolute atomic E-state index is 0.157. The normalized spacial score (nSPS) is 10.7. The summed E-state index contributed by atoms with van der Waals surface area (Å²) in [5.41, 5.74) is 2.43. The van der Waals surface area contributed by atoms with Crippen molar-refractivity contribution in [2.75, 3.05) is 16.8 Å². The monoisotopic (exact) mass is 399 g/mol. The lowest BCUT2D eigenvalue weighted by Crippen LogP contribution is -2.20. The Kier molecular flexibility index (Phi) is 5.26. The molecule has 0 spiro atoms. The van der Waals surface area contributed by atoms with Crippen LogP contribution in [0.3, 0.4) is 0 Å². The Bertz CT molecular complexity index is 1220. The fourth-order valence-corrected chi connectivity index (χ4v) is 3.55. The van der Waals surface area contributed by atoms with Crippen molar-refractivity contribution >= 4 is 39.5 Å². The Morgan fingerprint density at radius 2 is 1.73 bits per heavy atom. The highest BCUT2D eigenvalue weighted by Crippen LogP contribution is 2.39. The smallest absolute Gasteiger partial charge is 0.334 e. The average molecular weight is 399 g/mol. The number of hydrogen-bond acceptors (Lipinski definition) is 6. The topological polar surface area (TPSA) is 84.2 Å². The van der Waals surface area contributed by atoms with Gasteiger partial charge in [0.05, 0.1) is 10.6 Å². The molecule has 1 aromatic heterocycles. The molecule has 3 aromatic carbocycles. The van der Waals surface area contributed by atoms with E-state index in [1.54, 1.807) is 0 Å². The largest absolute Gasteiger partial charge is 0.354 e. The zero-order valence-corrected chi connectivity index (χ0v) is 16.7. The van der Waals surface area contributed by atoms with Crippen molar-refractivity contribution in [1.29, 1.82) is 0 Å². The van der Waals surface area contributed by atoms with Crippen molar-refractivity contribution in [2.24, 2.45) is 0 Å². The van der Waals surface area contributed by atoms with Crippen LogP contribution in [0, 0.1) is 17.0 Å². The van der Waals surface area contributed by atoms with Gasteiger partial charge in [-0.05, 0) is 36.9 Å². The van der Waals surface area contributed by atoms with Crippen LogP contribution in [0.25, 0.3) is 10.8 Å². The molecular weight excluding hydrogens is 378 g/mol. The molecule has 0 saturated heterocycles. The fourth-order valence-electron chi connectivity index (χ4n) is 3.55. The van der Waals surface area contributed by atoms with Crippen LogP contribution in [0.5, 0.6) is 0 Å². The van der Waals surface area contributed by atoms with Crippen LogP contribution in [0.4, 0.5) is 28.7 Å². The standard InChI is InChI=1S/C23H21N5O2/c1-3-27(20-14-8-11-17-10-5-6-12-18(17)20)23-21(28(29)30)22(24-15-25-23)26-19-13-7-4-9-16(19)2/h4-15H,3H2,1-2H3,(H,24,25,26). The van der Waals surface area contributed by atoms with Crippen LogP contribution >= 0.6 is 0 Å². The second-order valence-electron chi connectivity index (χ2n) is 6.83. The van der Waals surface area contributed by atoms with E-state index in [1.165, 1.54) is 6.33 Å². The molecule has 0 aliphatic carbocycles. The van der Waals surface area contributed by atoms with Crippen molar-refractivity contribution in [3.05, 3.63) is 88.7 Å². The van der Waals surface area contributed by atoms with Crippen molar-refractivity contribution in [3.63, 3.8) is 0 Å². The SMILES string of the molecule is CCN(c1ncnc(Nc2ccccc2C)c1[N+](=O)[O-])c1cccc2ccccc12. The minimum atomic E-state index is -0.427. The van der Waals surface area contributed by atoms with E-state index in [4.69, 9.17) is 0 Å². The van der Waals surface area contributed by atoms with Gasteiger partial charge >= 0.3 is 5.69 Å². The Morgan fingerprint density at radius 1 is 1.00 bits per heavy atom. The minimum Gasteiger partial charge on any atom is -0.334 e. The summed E-state index contributed by atoms with van der Waals surface area (Å²) in [5.74, 6) is 0.419. The molecule has 1 heterocycles. The summed E-state index contributed by atoms with van der Waals surface area (Å²) in [6.07, 6.45) is 1.36. The van der Waals surface area contributed by atoms with Crippen molar-refractivity contribution in [3.8, 4) is 0 Å². The van der Waals surface area contributed by atoms with Gasteiger partial charge in [0.15, 0.2) is 0 Å². The summed E-state index contributed by atoms with van der Waals surface area (Å²) in [7, 11) is 0. The molecule has 30 heavy (non-hydrogen) atoms. The van der Waals surface area contributed by atoms with Gasteiger partial charge in [-0.25, -0.2) is 9.97 Å². The van der Waals surface area contributed by atoms with Gasteiger partial charge in [-0.15, -0.1) is 0 Å². The molecule has 0 amide bonds. The first-order chi connectivity index (χ1) is 14.6. The summed E-state index contributed by atoms with van der Waals surface area (Å²) in [6, 6.07) is 21.5. The number of rotatable bonds is 6. The predicted octanol–water partition coefficient (Wildman–Crippen LogP) is 5.75. The highest BCUT2D eigenvalue weighted by atomic mass is 16.6. The Labute approximate surface area is 174 Å². The first-order valence-electron chi connectivity index (χ1n) is 9.67. The Balaban J connectivity index is 1.87. The molecular formula is C23H21N5O2. The van der Waals surface area contributed by atoms with Gasteiger partial charge < -0.3 is 10.2 Å². The molecule has 0 unspecified atom stereocenters. The van der Waals surface area contributed by atoms with Crippen LogP contribution in [-0.4, -0.2) is 21.4 Å². The van der Waals surface area contributed by atoms with Crippen LogP contribution in [0.1, 0.15) is 12.5 Å². The van der Waals surface area contributed by atoms with E-state index in [9.17, 15) is 10.1 Å². The number of nitrogens with one attached hydrogen (secondary N) is 1. The number of aryl methyl sites for hydroxylation is 1. The molecule has 0 aliphatic heterocycles. The van der Waals surface area contributed by atoms with E-state index >= 15 is 0 Å². The average Bonchev–Trinajstić information content (AvgIpc) is 2.76. The number of para-hydroxylation sites is 1. The summed E-state index contributed by atoms with van der Waals surface area (Å²) >= 11 is 0. The summed E-state index contributed by atoms with van der Waals surface area (Å²) < 4.78 is 0. The predicted molar refractivity (Wildman–Crippen MR) is 120 cm³/mol. The molecule has 0 bridgehead atoms. The third-order valence-electron chi connectivity index (χ3n) is 5.01. The first-order valence-corrected chi connectivity index (χ1v) is 9.67. The van der Waals surface area contributed by atoms with Gasteiger partial charge in [0, 0.05) is 17.6 Å². The zero-order chi connectivity index (χ0) is 21.1. The summed E-state index contributed by atoms with van der Waals surface area (Å²) in [6.45, 7) is 4.39. The molecule has 4 rings (SSSR count). The van der Waals surface area contributed by atoms with Gasteiger partial charge in [0.1, 0.15) is 6.33 Å². The van der Waals surface area contributed by atoms with Crippen molar-refractivity contribution < 1.29 is 4.92 Å². The molecule has 0 atom stereocenters. The van der Waals surface area contributed by atoms with E-state index in [0.29, 0.717) is 6.54 Å². The maximum absolute atomic E-state index is 12.1. The van der Waals surface area contributed by atoms with Gasteiger partial charge in [0.2, 0.25) is 11.6 Å². The van der Waals surface area contributed by atoms with Gasteiger partial charge in [-0.2, -0.15) is 0 Å². The van der Waals surface area contributed by atoms with E-state index < -0.39 is 4.92 Å². The fraction of sp³-hybridized carbons (Fsp3) is 0.130. The van der Waals surface area contributed by atoms with Crippen molar-refractivity contribution in [2.45, 2.75) is 13.8 Å². The van der Waals surface area contributed by atoms with Gasteiger partial charge in [0.25, 0.3) is 0 Å². The molecule has 4 aromatic rings. The van der Waals surface area contributed by atoms with Gasteiger partial charge in [-0.3, -0.25) is 10.1 Å². The molecule has 7 nitrogen and oxygen atoms in total. The maximum Gasteiger partial charge on any atom is 0.354 e. The van der Waals surface area contributed by atoms with E-state index in [2.05, 4.69) is 15.3 Å². The second-order valence-corrected chi connectivity index (χ2v) is 6.83. The Morgan fingerprint density at radius 3 is 2.50 bits per heavy atom. The molecule has 0 saturated carbocycles. The van der Waals surface area contributed by atoms with Crippen LogP contribution in [0.15, 0.2) is 73.1 Å². The molecule has 0 aliphatic rings. The van der Waals surface area contributed by atoms with Crippen molar-refractivity contribution in [1.82, 2.24) is 9.97 Å². The number of fused-ring (bicyclic) bond motifs is 1. The number of nitrogens with zero attached hydrogens (tertiary/aromatic N) is 4. The highest BCUT2D eigenvalue weighted by molar-refractivity contribution is 5.97. The summed E-state index contributed by atoms with van der Waals surface area (Å²) in [4.78, 5) is 22.0. The lowest BCUT2D eigenvalue weighted by atomic mass is 10.1. The molecule has 1 N–H and O–H groups in total. The van der Waals surface area contributed by atoms with Crippen LogP contribution in [-0.2, 0) is 0 Å². The van der Waals surface area contributed by atoms with E-state index in [1.807, 2.05) is 85.5 Å². The van der Waals surface area contributed by atoms with E-state index in [0.717, 1.165) is 27.7 Å². The molecule has 150 valence electrons. The second kappa shape index (κ2) is 8.16. The van der Waals surface area contributed by atoms with Gasteiger partial charge in [-0.1, -0.05) is 54.6 Å². The number of benzene rings is 3. The number of anilines is 4. The van der Waals surface area contributed by atoms with Crippen LogP contribution in [0.2, 0.25) is 0 Å². The third-order valence-corrected chi connectivity index (χ3v) is 5.01. The highest BCUT2D eigenvalue weighted by Gasteiger charge is 2.28. The molecule has 7 heteroatoms. The quantitative estimate of drug-likeness (QED) is 0.328. The molecule has 0 radical (unpaired) electrons. The maximum atomic E-state index is 12.1. The third kappa shape index (κ3) is 3.53. The lowest BCUT2D eigenvalue weighted by Gasteiger charge is -2.24. The molecule has 0 fully saturated rings. The lowest BCUT2D eigenvalue weighted by molar-refractivity contribution is -0.383. The number of aromatic nitrogens is 2. The van der Waals surface area contributed by atoms with E-state index in [-0.39, 0.29) is 17.3 Å². The first kappa shape index (κ1) is 19.3. The summed E-state index contributed by atoms with van der Waals surface area (Å²) in [5, 5.41) is 17.3. The number of hydrogen-bond donors (Lipinski definition) is 1.